The topological polar surface area (TPSA) is 0 Å². The van der Waals surface area contributed by atoms with Gasteiger partial charge in [-0.05, 0) is 25.2 Å². The quantitative estimate of drug-likeness (QED) is 0.306. The Bertz CT molecular complexity index is 161. The van der Waals surface area contributed by atoms with Gasteiger partial charge in [-0.1, -0.05) is 57.2 Å². The highest BCUT2D eigenvalue weighted by Gasteiger charge is 1.90. The first-order valence-corrected chi connectivity index (χ1v) is 5.20. The Morgan fingerprint density at radius 3 is 2.54 bits per heavy atom. The third-order valence-corrected chi connectivity index (χ3v) is 1.86. The Labute approximate surface area is 83.0 Å². The summed E-state index contributed by atoms with van der Waals surface area (Å²) in [5.41, 5.74) is 0. The van der Waals surface area contributed by atoms with E-state index >= 15 is 0 Å². The fourth-order valence-electron chi connectivity index (χ4n) is 1.11. The summed E-state index contributed by atoms with van der Waals surface area (Å²) in [7, 11) is 0. The van der Waals surface area contributed by atoms with Crippen LogP contribution >= 0.6 is 0 Å². The van der Waals surface area contributed by atoms with Gasteiger partial charge in [-0.15, -0.1) is 0 Å². The number of hydrogen-bond donors (Lipinski definition) is 0. The summed E-state index contributed by atoms with van der Waals surface area (Å²) in [6, 6.07) is 0. The van der Waals surface area contributed by atoms with Crippen molar-refractivity contribution in [1.82, 2.24) is 0 Å². The largest absolute Gasteiger partial charge is 0.0991 e. The van der Waals surface area contributed by atoms with Gasteiger partial charge >= 0.3 is 0 Å². The van der Waals surface area contributed by atoms with Crippen LogP contribution in [0.3, 0.4) is 0 Å². The Morgan fingerprint density at radius 2 is 1.92 bits per heavy atom. The van der Waals surface area contributed by atoms with Gasteiger partial charge in [0.1, 0.15) is 0 Å². The Morgan fingerprint density at radius 1 is 1.15 bits per heavy atom. The van der Waals surface area contributed by atoms with Crippen molar-refractivity contribution in [2.24, 2.45) is 5.92 Å². The first kappa shape index (κ1) is 12.2. The zero-order chi connectivity index (χ0) is 9.94. The molecule has 0 aromatic carbocycles. The second kappa shape index (κ2) is 9.31. The predicted molar refractivity (Wildman–Crippen MR) is 61.8 cm³/mol. The molecule has 0 saturated heterocycles. The molecule has 0 radical (unpaired) electrons. The smallest absolute Gasteiger partial charge is 0.0166 e. The minimum atomic E-state index is 0.842. The van der Waals surface area contributed by atoms with Crippen LogP contribution < -0.4 is 0 Å². The van der Waals surface area contributed by atoms with Gasteiger partial charge < -0.3 is 0 Å². The molecule has 0 unspecified atom stereocenters. The van der Waals surface area contributed by atoms with E-state index in [0.717, 1.165) is 12.3 Å². The molecule has 0 saturated carbocycles. The van der Waals surface area contributed by atoms with E-state index in [1.165, 1.54) is 19.3 Å². The minimum Gasteiger partial charge on any atom is -0.0991 e. The first-order chi connectivity index (χ1) is 6.27. The molecule has 0 spiro atoms. The van der Waals surface area contributed by atoms with Gasteiger partial charge in [-0.25, -0.2) is 0 Å². The molecule has 0 aromatic rings. The monoisotopic (exact) mass is 178 g/mol. The highest BCUT2D eigenvalue weighted by Crippen LogP contribution is 2.06. The molecular weight excluding hydrogens is 156 g/mol. The molecule has 0 aliphatic carbocycles. The number of rotatable bonds is 7. The fourth-order valence-corrected chi connectivity index (χ4v) is 1.11. The summed E-state index contributed by atoms with van der Waals surface area (Å²) < 4.78 is 0. The first-order valence-electron chi connectivity index (χ1n) is 5.20. The molecule has 0 aliphatic rings. The lowest BCUT2D eigenvalue weighted by atomic mass is 10.1. The van der Waals surface area contributed by atoms with E-state index in [1.54, 1.807) is 0 Å². The van der Waals surface area contributed by atoms with Gasteiger partial charge in [0, 0.05) is 0 Å². The molecule has 74 valence electrons. The van der Waals surface area contributed by atoms with Crippen molar-refractivity contribution >= 4 is 0 Å². The predicted octanol–water partition coefficient (Wildman–Crippen LogP) is 4.50. The highest BCUT2D eigenvalue weighted by molar-refractivity contribution is 5.00. The molecule has 0 aliphatic heterocycles. The highest BCUT2D eigenvalue weighted by atomic mass is 14.0. The summed E-state index contributed by atoms with van der Waals surface area (Å²) in [6.45, 7) is 8.17. The molecule has 0 fully saturated rings. The van der Waals surface area contributed by atoms with Crippen molar-refractivity contribution in [3.8, 4) is 0 Å². The zero-order valence-electron chi connectivity index (χ0n) is 9.00. The van der Waals surface area contributed by atoms with Crippen LogP contribution in [0.5, 0.6) is 0 Å². The maximum absolute atomic E-state index is 3.62. The van der Waals surface area contributed by atoms with Gasteiger partial charge in [-0.2, -0.15) is 0 Å². The number of hydrogen-bond acceptors (Lipinski definition) is 0. The summed E-state index contributed by atoms with van der Waals surface area (Å²) in [5.74, 6) is 0.842. The SMILES string of the molecule is C=C/C=C\C/C=C\CCCC(C)C. The van der Waals surface area contributed by atoms with E-state index in [1.807, 2.05) is 12.2 Å². The summed E-state index contributed by atoms with van der Waals surface area (Å²) >= 11 is 0. The van der Waals surface area contributed by atoms with Crippen molar-refractivity contribution in [2.45, 2.75) is 39.5 Å². The molecular formula is C13H22. The molecule has 0 N–H and O–H groups in total. The van der Waals surface area contributed by atoms with Crippen molar-refractivity contribution in [3.05, 3.63) is 37.0 Å². The summed E-state index contributed by atoms with van der Waals surface area (Å²) in [4.78, 5) is 0. The molecule has 0 heterocycles. The second-order valence-corrected chi connectivity index (χ2v) is 3.70. The van der Waals surface area contributed by atoms with Crippen LogP contribution in [-0.4, -0.2) is 0 Å². The van der Waals surface area contributed by atoms with E-state index in [-0.39, 0.29) is 0 Å². The number of allylic oxidation sites excluding steroid dienone is 5. The van der Waals surface area contributed by atoms with Gasteiger partial charge in [0.2, 0.25) is 0 Å². The van der Waals surface area contributed by atoms with Crippen LogP contribution in [-0.2, 0) is 0 Å². The second-order valence-electron chi connectivity index (χ2n) is 3.70. The lowest BCUT2D eigenvalue weighted by Crippen LogP contribution is -1.84. The summed E-state index contributed by atoms with van der Waals surface area (Å²) in [5, 5.41) is 0. The van der Waals surface area contributed by atoms with Crippen LogP contribution in [0.4, 0.5) is 0 Å². The molecule has 0 atom stereocenters. The van der Waals surface area contributed by atoms with Crippen molar-refractivity contribution in [2.75, 3.05) is 0 Å². The van der Waals surface area contributed by atoms with Gasteiger partial charge in [0.25, 0.3) is 0 Å². The zero-order valence-corrected chi connectivity index (χ0v) is 9.00. The van der Waals surface area contributed by atoms with Gasteiger partial charge in [0.15, 0.2) is 0 Å². The van der Waals surface area contributed by atoms with Crippen molar-refractivity contribution in [1.29, 1.82) is 0 Å². The van der Waals surface area contributed by atoms with Crippen LogP contribution in [0.1, 0.15) is 39.5 Å². The maximum atomic E-state index is 3.62. The molecule has 0 heteroatoms. The summed E-state index contributed by atoms with van der Waals surface area (Å²) in [6.07, 6.45) is 15.3. The molecule has 0 nitrogen and oxygen atoms in total. The molecule has 0 amide bonds. The minimum absolute atomic E-state index is 0.842. The van der Waals surface area contributed by atoms with Crippen LogP contribution in [0.25, 0.3) is 0 Å². The van der Waals surface area contributed by atoms with E-state index in [2.05, 4.69) is 38.7 Å². The third-order valence-electron chi connectivity index (χ3n) is 1.86. The van der Waals surface area contributed by atoms with E-state index in [9.17, 15) is 0 Å². The fraction of sp³-hybridized carbons (Fsp3) is 0.538. The van der Waals surface area contributed by atoms with E-state index in [4.69, 9.17) is 0 Å². The van der Waals surface area contributed by atoms with Crippen LogP contribution in [0.2, 0.25) is 0 Å². The van der Waals surface area contributed by atoms with E-state index < -0.39 is 0 Å². The van der Waals surface area contributed by atoms with Crippen molar-refractivity contribution in [3.63, 3.8) is 0 Å². The van der Waals surface area contributed by atoms with Crippen LogP contribution in [0.15, 0.2) is 37.0 Å². The molecule has 13 heavy (non-hydrogen) atoms. The standard InChI is InChI=1S/C13H22/c1-4-5-6-7-8-9-10-11-12-13(2)3/h4-6,8-9,13H,1,7,10-12H2,2-3H3/b6-5-,9-8-. The third kappa shape index (κ3) is 11.2. The van der Waals surface area contributed by atoms with Crippen molar-refractivity contribution < 1.29 is 0 Å². The lowest BCUT2D eigenvalue weighted by molar-refractivity contribution is 0.559. The lowest BCUT2D eigenvalue weighted by Gasteiger charge is -2.00. The average molecular weight is 178 g/mol. The Kier molecular flexibility index (Phi) is 8.75. The van der Waals surface area contributed by atoms with Gasteiger partial charge in [0.05, 0.1) is 0 Å². The average Bonchev–Trinajstić information content (AvgIpc) is 2.09. The molecule has 0 rings (SSSR count). The Hall–Kier alpha value is -0.780. The normalized spacial score (nSPS) is 11.9. The van der Waals surface area contributed by atoms with E-state index in [0.29, 0.717) is 0 Å². The molecule has 0 bridgehead atoms. The van der Waals surface area contributed by atoms with Crippen LogP contribution in [0, 0.1) is 5.92 Å². The Balaban J connectivity index is 3.21. The van der Waals surface area contributed by atoms with Gasteiger partial charge in [-0.3, -0.25) is 0 Å². The number of unbranched alkanes of at least 4 members (excludes halogenated alkanes) is 1. The maximum Gasteiger partial charge on any atom is -0.0166 e. The molecule has 0 aromatic heterocycles.